The molecule has 4 heteroatoms. The highest BCUT2D eigenvalue weighted by atomic mass is 16.3. The second-order valence-electron chi connectivity index (χ2n) is 5.60. The molecule has 0 aliphatic heterocycles. The quantitative estimate of drug-likeness (QED) is 0.786. The van der Waals surface area contributed by atoms with Crippen LogP contribution in [0.2, 0.25) is 0 Å². The van der Waals surface area contributed by atoms with E-state index in [1.165, 1.54) is 0 Å². The molecular formula is C13H25N3O. The lowest BCUT2D eigenvalue weighted by atomic mass is 9.99. The normalized spacial score (nSPS) is 15.2. The van der Waals surface area contributed by atoms with Crippen LogP contribution in [0.4, 0.5) is 0 Å². The van der Waals surface area contributed by atoms with E-state index in [0.717, 1.165) is 17.9 Å². The van der Waals surface area contributed by atoms with E-state index in [2.05, 4.69) is 24.3 Å². The van der Waals surface area contributed by atoms with Crippen molar-refractivity contribution in [1.29, 1.82) is 0 Å². The summed E-state index contributed by atoms with van der Waals surface area (Å²) in [6.45, 7) is 9.69. The maximum absolute atomic E-state index is 10.3. The van der Waals surface area contributed by atoms with E-state index in [9.17, 15) is 5.11 Å². The molecule has 98 valence electrons. The third-order valence-corrected chi connectivity index (χ3v) is 2.72. The minimum atomic E-state index is -0.727. The Hall–Kier alpha value is -0.870. The van der Waals surface area contributed by atoms with Crippen molar-refractivity contribution < 1.29 is 5.11 Å². The van der Waals surface area contributed by atoms with Crippen LogP contribution in [0.3, 0.4) is 0 Å². The Balaban J connectivity index is 2.51. The third kappa shape index (κ3) is 4.88. The molecule has 0 aromatic carbocycles. The first-order valence-corrected chi connectivity index (χ1v) is 6.23. The minimum absolute atomic E-state index is 0.602. The van der Waals surface area contributed by atoms with Crippen molar-refractivity contribution in [2.45, 2.75) is 39.7 Å². The molecule has 0 amide bonds. The van der Waals surface area contributed by atoms with Crippen LogP contribution in [-0.2, 0) is 13.5 Å². The molecule has 17 heavy (non-hydrogen) atoms. The highest BCUT2D eigenvalue weighted by Gasteiger charge is 2.22. The van der Waals surface area contributed by atoms with Crippen molar-refractivity contribution in [1.82, 2.24) is 15.1 Å². The van der Waals surface area contributed by atoms with Gasteiger partial charge in [0.1, 0.15) is 0 Å². The SMILES string of the molecule is Cc1cc(CC(C)(O)CNCC(C)C)n(C)n1. The smallest absolute Gasteiger partial charge is 0.0798 e. The molecule has 1 unspecified atom stereocenters. The Morgan fingerprint density at radius 2 is 2.18 bits per heavy atom. The van der Waals surface area contributed by atoms with Gasteiger partial charge in [-0.2, -0.15) is 5.10 Å². The third-order valence-electron chi connectivity index (χ3n) is 2.72. The van der Waals surface area contributed by atoms with Gasteiger partial charge >= 0.3 is 0 Å². The number of nitrogens with zero attached hydrogens (tertiary/aromatic N) is 2. The summed E-state index contributed by atoms with van der Waals surface area (Å²) in [5.41, 5.74) is 1.34. The zero-order valence-electron chi connectivity index (χ0n) is 11.6. The van der Waals surface area contributed by atoms with E-state index >= 15 is 0 Å². The molecule has 0 radical (unpaired) electrons. The van der Waals surface area contributed by atoms with E-state index in [1.54, 1.807) is 0 Å². The largest absolute Gasteiger partial charge is 0.388 e. The lowest BCUT2D eigenvalue weighted by Gasteiger charge is -2.24. The number of aliphatic hydroxyl groups is 1. The van der Waals surface area contributed by atoms with Crippen LogP contribution < -0.4 is 5.32 Å². The zero-order chi connectivity index (χ0) is 13.1. The van der Waals surface area contributed by atoms with E-state index in [-0.39, 0.29) is 0 Å². The fourth-order valence-electron chi connectivity index (χ4n) is 1.91. The lowest BCUT2D eigenvalue weighted by molar-refractivity contribution is 0.0577. The number of rotatable bonds is 6. The predicted molar refractivity (Wildman–Crippen MR) is 70.0 cm³/mol. The van der Waals surface area contributed by atoms with Gasteiger partial charge in [-0.1, -0.05) is 13.8 Å². The summed E-state index contributed by atoms with van der Waals surface area (Å²) < 4.78 is 1.84. The van der Waals surface area contributed by atoms with Crippen LogP contribution in [0, 0.1) is 12.8 Å². The molecule has 1 rings (SSSR count). The van der Waals surface area contributed by atoms with Gasteiger partial charge in [-0.25, -0.2) is 0 Å². The summed E-state index contributed by atoms with van der Waals surface area (Å²) in [6, 6.07) is 2.02. The van der Waals surface area contributed by atoms with Gasteiger partial charge in [0.2, 0.25) is 0 Å². The summed E-state index contributed by atoms with van der Waals surface area (Å²) >= 11 is 0. The van der Waals surface area contributed by atoms with Crippen LogP contribution in [-0.4, -0.2) is 33.6 Å². The molecule has 1 atom stereocenters. The Bertz CT molecular complexity index is 356. The van der Waals surface area contributed by atoms with Crippen LogP contribution in [0.5, 0.6) is 0 Å². The first-order valence-electron chi connectivity index (χ1n) is 6.23. The number of aromatic nitrogens is 2. The Morgan fingerprint density at radius 1 is 1.53 bits per heavy atom. The van der Waals surface area contributed by atoms with Gasteiger partial charge in [-0.15, -0.1) is 0 Å². The molecule has 0 saturated heterocycles. The molecule has 4 nitrogen and oxygen atoms in total. The van der Waals surface area contributed by atoms with Crippen molar-refractivity contribution in [3.05, 3.63) is 17.5 Å². The Labute approximate surface area is 104 Å². The minimum Gasteiger partial charge on any atom is -0.388 e. The van der Waals surface area contributed by atoms with Gasteiger partial charge in [0.05, 0.1) is 11.3 Å². The monoisotopic (exact) mass is 239 g/mol. The topological polar surface area (TPSA) is 50.1 Å². The van der Waals surface area contributed by atoms with Crippen molar-refractivity contribution >= 4 is 0 Å². The zero-order valence-corrected chi connectivity index (χ0v) is 11.6. The van der Waals surface area contributed by atoms with Crippen LogP contribution in [0.25, 0.3) is 0 Å². The summed E-state index contributed by atoms with van der Waals surface area (Å²) in [5.74, 6) is 0.602. The molecule has 2 N–H and O–H groups in total. The number of nitrogens with one attached hydrogen (secondary N) is 1. The van der Waals surface area contributed by atoms with Crippen LogP contribution in [0.15, 0.2) is 6.07 Å². The highest BCUT2D eigenvalue weighted by Crippen LogP contribution is 2.13. The molecule has 0 spiro atoms. The summed E-state index contributed by atoms with van der Waals surface area (Å²) in [4.78, 5) is 0. The number of hydrogen-bond donors (Lipinski definition) is 2. The highest BCUT2D eigenvalue weighted by molar-refractivity contribution is 5.11. The van der Waals surface area contributed by atoms with Gasteiger partial charge in [-0.05, 0) is 32.4 Å². The molecule has 1 aromatic heterocycles. The van der Waals surface area contributed by atoms with Crippen LogP contribution in [0.1, 0.15) is 32.2 Å². The fraction of sp³-hybridized carbons (Fsp3) is 0.769. The average Bonchev–Trinajstić information content (AvgIpc) is 2.42. The second kappa shape index (κ2) is 5.65. The van der Waals surface area contributed by atoms with Crippen molar-refractivity contribution in [3.63, 3.8) is 0 Å². The maximum Gasteiger partial charge on any atom is 0.0798 e. The first kappa shape index (κ1) is 14.2. The van der Waals surface area contributed by atoms with Gasteiger partial charge < -0.3 is 10.4 Å². The van der Waals surface area contributed by atoms with Crippen molar-refractivity contribution in [2.75, 3.05) is 13.1 Å². The summed E-state index contributed by atoms with van der Waals surface area (Å²) in [6.07, 6.45) is 0.620. The molecule has 0 aliphatic rings. The van der Waals surface area contributed by atoms with Crippen molar-refractivity contribution in [2.24, 2.45) is 13.0 Å². The summed E-state index contributed by atoms with van der Waals surface area (Å²) in [5, 5.41) is 17.9. The molecule has 1 aromatic rings. The molecule has 0 bridgehead atoms. The molecule has 0 saturated carbocycles. The Morgan fingerprint density at radius 3 is 2.65 bits per heavy atom. The van der Waals surface area contributed by atoms with Gasteiger partial charge in [0.15, 0.2) is 0 Å². The summed E-state index contributed by atoms with van der Waals surface area (Å²) in [7, 11) is 1.92. The first-order chi connectivity index (χ1) is 7.80. The van der Waals surface area contributed by atoms with E-state index in [4.69, 9.17) is 0 Å². The standard InChI is InChI=1S/C13H25N3O/c1-10(2)8-14-9-13(4,17)7-12-6-11(3)15-16(12)5/h6,10,14,17H,7-9H2,1-5H3. The number of hydrogen-bond acceptors (Lipinski definition) is 3. The van der Waals surface area contributed by atoms with Gasteiger partial charge in [0.25, 0.3) is 0 Å². The average molecular weight is 239 g/mol. The Kier molecular flexibility index (Phi) is 4.71. The fourth-order valence-corrected chi connectivity index (χ4v) is 1.91. The molecular weight excluding hydrogens is 214 g/mol. The molecule has 0 fully saturated rings. The molecule has 1 heterocycles. The van der Waals surface area contributed by atoms with Gasteiger partial charge in [-0.3, -0.25) is 4.68 Å². The maximum atomic E-state index is 10.3. The van der Waals surface area contributed by atoms with Crippen LogP contribution >= 0.6 is 0 Å². The second-order valence-corrected chi connectivity index (χ2v) is 5.60. The number of aryl methyl sites for hydroxylation is 2. The molecule has 0 aliphatic carbocycles. The predicted octanol–water partition coefficient (Wildman–Crippen LogP) is 1.27. The van der Waals surface area contributed by atoms with E-state index < -0.39 is 5.60 Å². The van der Waals surface area contributed by atoms with Gasteiger partial charge in [0, 0.05) is 25.7 Å². The van der Waals surface area contributed by atoms with Crippen molar-refractivity contribution in [3.8, 4) is 0 Å². The van der Waals surface area contributed by atoms with E-state index in [1.807, 2.05) is 31.6 Å². The van der Waals surface area contributed by atoms with E-state index in [0.29, 0.717) is 18.9 Å². The lowest BCUT2D eigenvalue weighted by Crippen LogP contribution is -2.41.